The van der Waals surface area contributed by atoms with Crippen molar-refractivity contribution >= 4 is 17.4 Å². The third kappa shape index (κ3) is 2.62. The van der Waals surface area contributed by atoms with Gasteiger partial charge in [0.25, 0.3) is 0 Å². The number of ketones is 1. The Morgan fingerprint density at radius 2 is 1.95 bits per heavy atom. The van der Waals surface area contributed by atoms with E-state index in [9.17, 15) is 9.90 Å². The van der Waals surface area contributed by atoms with Gasteiger partial charge in [-0.05, 0) is 23.8 Å². The van der Waals surface area contributed by atoms with Gasteiger partial charge in [-0.15, -0.1) is 0 Å². The highest BCUT2D eigenvalue weighted by molar-refractivity contribution is 6.35. The van der Waals surface area contributed by atoms with Gasteiger partial charge in [-0.3, -0.25) is 4.79 Å². The van der Waals surface area contributed by atoms with E-state index in [1.54, 1.807) is 42.5 Å². The molecule has 0 spiro atoms. The average molecular weight is 277 g/mol. The largest absolute Gasteiger partial charge is 0.496 e. The number of aliphatic hydroxyl groups is 1. The molecule has 0 heterocycles. The number of ether oxygens (including phenoxy) is 1. The first-order chi connectivity index (χ1) is 9.19. The standard InChI is InChI=1S/C15H13ClO3/c1-19-13-8-3-2-6-11(13)15(18)14-10(9-17)5-4-7-12(14)16/h2-8,17H,9H2,1H3. The van der Waals surface area contributed by atoms with Crippen molar-refractivity contribution in [3.05, 3.63) is 64.2 Å². The van der Waals surface area contributed by atoms with E-state index >= 15 is 0 Å². The number of aliphatic hydroxyl groups excluding tert-OH is 1. The van der Waals surface area contributed by atoms with E-state index in [1.165, 1.54) is 7.11 Å². The summed E-state index contributed by atoms with van der Waals surface area (Å²) in [5.74, 6) is 0.225. The highest BCUT2D eigenvalue weighted by Crippen LogP contribution is 2.27. The summed E-state index contributed by atoms with van der Waals surface area (Å²) in [6, 6.07) is 11.9. The maximum absolute atomic E-state index is 12.6. The number of carbonyl (C=O) groups excluding carboxylic acids is 1. The first-order valence-corrected chi connectivity index (χ1v) is 6.12. The van der Waals surface area contributed by atoms with E-state index in [4.69, 9.17) is 16.3 Å². The fourth-order valence-corrected chi connectivity index (χ4v) is 2.20. The van der Waals surface area contributed by atoms with Crippen LogP contribution < -0.4 is 4.74 Å². The molecule has 0 bridgehead atoms. The topological polar surface area (TPSA) is 46.5 Å². The predicted molar refractivity (Wildman–Crippen MR) is 73.8 cm³/mol. The molecule has 0 aliphatic carbocycles. The van der Waals surface area contributed by atoms with Crippen LogP contribution in [0.25, 0.3) is 0 Å². The summed E-state index contributed by atoms with van der Waals surface area (Å²) >= 11 is 6.08. The number of para-hydroxylation sites is 1. The molecular weight excluding hydrogens is 264 g/mol. The van der Waals surface area contributed by atoms with Gasteiger partial charge in [0.05, 0.1) is 24.3 Å². The smallest absolute Gasteiger partial charge is 0.198 e. The van der Waals surface area contributed by atoms with Gasteiger partial charge in [-0.25, -0.2) is 0 Å². The summed E-state index contributed by atoms with van der Waals surface area (Å²) < 4.78 is 5.17. The Kier molecular flexibility index (Phi) is 4.20. The van der Waals surface area contributed by atoms with Crippen LogP contribution in [0.15, 0.2) is 42.5 Å². The van der Waals surface area contributed by atoms with E-state index in [1.807, 2.05) is 0 Å². The molecule has 0 unspecified atom stereocenters. The van der Waals surface area contributed by atoms with Crippen LogP contribution in [-0.2, 0) is 6.61 Å². The van der Waals surface area contributed by atoms with Gasteiger partial charge in [0.15, 0.2) is 5.78 Å². The van der Waals surface area contributed by atoms with Crippen LogP contribution in [-0.4, -0.2) is 18.0 Å². The molecule has 3 nitrogen and oxygen atoms in total. The Labute approximate surface area is 116 Å². The summed E-state index contributed by atoms with van der Waals surface area (Å²) in [6.07, 6.45) is 0. The Bertz CT molecular complexity index is 608. The Morgan fingerprint density at radius 3 is 2.63 bits per heavy atom. The van der Waals surface area contributed by atoms with Crippen LogP contribution >= 0.6 is 11.6 Å². The van der Waals surface area contributed by atoms with Crippen LogP contribution in [0.1, 0.15) is 21.5 Å². The number of hydrogen-bond donors (Lipinski definition) is 1. The third-order valence-electron chi connectivity index (χ3n) is 2.85. The quantitative estimate of drug-likeness (QED) is 0.873. The first-order valence-electron chi connectivity index (χ1n) is 5.75. The molecule has 4 heteroatoms. The second-order valence-corrected chi connectivity index (χ2v) is 4.37. The Hall–Kier alpha value is -1.84. The number of methoxy groups -OCH3 is 1. The lowest BCUT2D eigenvalue weighted by atomic mass is 9.98. The number of halogens is 1. The molecule has 0 aliphatic rings. The predicted octanol–water partition coefficient (Wildman–Crippen LogP) is 3.07. The number of carbonyl (C=O) groups is 1. The zero-order chi connectivity index (χ0) is 13.8. The van der Waals surface area contributed by atoms with Crippen molar-refractivity contribution in [1.82, 2.24) is 0 Å². The van der Waals surface area contributed by atoms with Gasteiger partial charge in [0.1, 0.15) is 5.75 Å². The summed E-state index contributed by atoms with van der Waals surface area (Å²) in [4.78, 5) is 12.6. The summed E-state index contributed by atoms with van der Waals surface area (Å²) in [6.45, 7) is -0.239. The van der Waals surface area contributed by atoms with Crippen LogP contribution in [0.3, 0.4) is 0 Å². The van der Waals surface area contributed by atoms with E-state index in [2.05, 4.69) is 0 Å². The lowest BCUT2D eigenvalue weighted by Gasteiger charge is -2.11. The molecule has 2 aromatic carbocycles. The van der Waals surface area contributed by atoms with Crippen molar-refractivity contribution in [3.63, 3.8) is 0 Å². The van der Waals surface area contributed by atoms with E-state index in [-0.39, 0.29) is 12.4 Å². The second-order valence-electron chi connectivity index (χ2n) is 3.96. The van der Waals surface area contributed by atoms with Gasteiger partial charge in [-0.1, -0.05) is 35.9 Å². The zero-order valence-electron chi connectivity index (χ0n) is 10.4. The molecule has 0 amide bonds. The molecule has 2 rings (SSSR count). The lowest BCUT2D eigenvalue weighted by Crippen LogP contribution is -2.08. The molecule has 0 radical (unpaired) electrons. The number of rotatable bonds is 4. The minimum atomic E-state index is -0.257. The molecule has 1 N–H and O–H groups in total. The fourth-order valence-electron chi connectivity index (χ4n) is 1.92. The van der Waals surface area contributed by atoms with E-state index < -0.39 is 0 Å². The first kappa shape index (κ1) is 13.6. The summed E-state index contributed by atoms with van der Waals surface area (Å²) in [7, 11) is 1.51. The number of benzene rings is 2. The van der Waals surface area contributed by atoms with Gasteiger partial charge in [0, 0.05) is 5.56 Å². The monoisotopic (exact) mass is 276 g/mol. The van der Waals surface area contributed by atoms with Crippen LogP contribution in [0.2, 0.25) is 5.02 Å². The Morgan fingerprint density at radius 1 is 1.21 bits per heavy atom. The SMILES string of the molecule is COc1ccccc1C(=O)c1c(Cl)cccc1CO. The molecule has 0 saturated heterocycles. The molecule has 19 heavy (non-hydrogen) atoms. The Balaban J connectivity index is 2.56. The van der Waals surface area contributed by atoms with E-state index in [0.717, 1.165) is 0 Å². The minimum absolute atomic E-state index is 0.239. The van der Waals surface area contributed by atoms with Gasteiger partial charge in [-0.2, -0.15) is 0 Å². The van der Waals surface area contributed by atoms with E-state index in [0.29, 0.717) is 27.5 Å². The van der Waals surface area contributed by atoms with Crippen molar-refractivity contribution in [2.75, 3.05) is 7.11 Å². The average Bonchev–Trinajstić information content (AvgIpc) is 2.46. The van der Waals surface area contributed by atoms with Crippen molar-refractivity contribution in [2.45, 2.75) is 6.61 Å². The minimum Gasteiger partial charge on any atom is -0.496 e. The maximum Gasteiger partial charge on any atom is 0.198 e. The molecular formula is C15H13ClO3. The molecule has 0 atom stereocenters. The van der Waals surface area contributed by atoms with Crippen LogP contribution in [0.5, 0.6) is 5.75 Å². The van der Waals surface area contributed by atoms with Gasteiger partial charge in [0.2, 0.25) is 0 Å². The highest BCUT2D eigenvalue weighted by atomic mass is 35.5. The molecule has 0 fully saturated rings. The second kappa shape index (κ2) is 5.87. The molecule has 2 aromatic rings. The normalized spacial score (nSPS) is 10.3. The summed E-state index contributed by atoms with van der Waals surface area (Å²) in [5, 5.41) is 9.64. The lowest BCUT2D eigenvalue weighted by molar-refractivity contribution is 0.103. The third-order valence-corrected chi connectivity index (χ3v) is 3.16. The summed E-state index contributed by atoms with van der Waals surface area (Å²) in [5.41, 5.74) is 1.24. The fraction of sp³-hybridized carbons (Fsp3) is 0.133. The number of hydrogen-bond acceptors (Lipinski definition) is 3. The highest BCUT2D eigenvalue weighted by Gasteiger charge is 2.19. The van der Waals surface area contributed by atoms with Crippen molar-refractivity contribution in [1.29, 1.82) is 0 Å². The van der Waals surface area contributed by atoms with Crippen molar-refractivity contribution in [2.24, 2.45) is 0 Å². The molecule has 98 valence electrons. The molecule has 0 aliphatic heterocycles. The van der Waals surface area contributed by atoms with Gasteiger partial charge >= 0.3 is 0 Å². The molecule has 0 saturated carbocycles. The zero-order valence-corrected chi connectivity index (χ0v) is 11.1. The van der Waals surface area contributed by atoms with Gasteiger partial charge < -0.3 is 9.84 Å². The van der Waals surface area contributed by atoms with Crippen LogP contribution in [0.4, 0.5) is 0 Å². The molecule has 0 aromatic heterocycles. The van der Waals surface area contributed by atoms with Crippen molar-refractivity contribution in [3.8, 4) is 5.75 Å². The maximum atomic E-state index is 12.6. The van der Waals surface area contributed by atoms with Crippen molar-refractivity contribution < 1.29 is 14.6 Å². The van der Waals surface area contributed by atoms with Crippen LogP contribution in [0, 0.1) is 0 Å².